The highest BCUT2D eigenvalue weighted by atomic mass is 16.4. The van der Waals surface area contributed by atoms with Gasteiger partial charge in [0.15, 0.2) is 0 Å². The number of nitrogens with zero attached hydrogens (tertiary/aromatic N) is 1. The van der Waals surface area contributed by atoms with Crippen molar-refractivity contribution in [3.8, 4) is 0 Å². The van der Waals surface area contributed by atoms with Crippen LogP contribution in [0.15, 0.2) is 18.2 Å². The van der Waals surface area contributed by atoms with Crippen LogP contribution in [0.4, 0.5) is 0 Å². The first kappa shape index (κ1) is 14.6. The Labute approximate surface area is 119 Å². The Morgan fingerprint density at radius 1 is 1.35 bits per heavy atom. The van der Waals surface area contributed by atoms with E-state index < -0.39 is 5.97 Å². The lowest BCUT2D eigenvalue weighted by atomic mass is 10.0. The molecule has 4 heteroatoms. The molecule has 0 aromatic heterocycles. The van der Waals surface area contributed by atoms with Crippen molar-refractivity contribution in [2.45, 2.75) is 33.1 Å². The number of hydrogen-bond donors (Lipinski definition) is 1. The molecule has 1 aromatic carbocycles. The summed E-state index contributed by atoms with van der Waals surface area (Å²) in [5, 5.41) is 8.71. The third-order valence-electron chi connectivity index (χ3n) is 3.95. The lowest BCUT2D eigenvalue weighted by Gasteiger charge is -2.18. The number of carboxylic acids is 1. The summed E-state index contributed by atoms with van der Waals surface area (Å²) in [6, 6.07) is 5.86. The zero-order valence-corrected chi connectivity index (χ0v) is 12.1. The van der Waals surface area contributed by atoms with E-state index >= 15 is 0 Å². The molecule has 1 aliphatic rings. The van der Waals surface area contributed by atoms with Crippen molar-refractivity contribution in [2.75, 3.05) is 13.1 Å². The molecule has 1 aliphatic heterocycles. The van der Waals surface area contributed by atoms with Gasteiger partial charge in [-0.15, -0.1) is 0 Å². The highest BCUT2D eigenvalue weighted by molar-refractivity contribution is 5.95. The third-order valence-corrected chi connectivity index (χ3v) is 3.95. The third kappa shape index (κ3) is 3.38. The van der Waals surface area contributed by atoms with E-state index in [1.54, 1.807) is 0 Å². The van der Waals surface area contributed by atoms with Crippen LogP contribution < -0.4 is 0 Å². The lowest BCUT2D eigenvalue weighted by molar-refractivity contribution is -0.137. The van der Waals surface area contributed by atoms with Crippen molar-refractivity contribution in [1.82, 2.24) is 4.90 Å². The molecule has 1 fully saturated rings. The summed E-state index contributed by atoms with van der Waals surface area (Å²) < 4.78 is 0. The molecule has 1 atom stereocenters. The lowest BCUT2D eigenvalue weighted by Crippen LogP contribution is -2.29. The highest BCUT2D eigenvalue weighted by Gasteiger charge is 2.27. The number of likely N-dealkylation sites (tertiary alicyclic amines) is 1. The highest BCUT2D eigenvalue weighted by Crippen LogP contribution is 2.23. The van der Waals surface area contributed by atoms with Crippen LogP contribution in [0, 0.1) is 19.8 Å². The quantitative estimate of drug-likeness (QED) is 0.919. The normalized spacial score (nSPS) is 18.3. The summed E-state index contributed by atoms with van der Waals surface area (Å²) in [7, 11) is 0. The minimum Gasteiger partial charge on any atom is -0.481 e. The summed E-state index contributed by atoms with van der Waals surface area (Å²) >= 11 is 0. The van der Waals surface area contributed by atoms with E-state index in [2.05, 4.69) is 0 Å². The molecule has 0 saturated carbocycles. The van der Waals surface area contributed by atoms with E-state index in [1.807, 2.05) is 36.9 Å². The molecule has 0 radical (unpaired) electrons. The molecule has 1 amide bonds. The second-order valence-electron chi connectivity index (χ2n) is 5.66. The number of carbonyl (C=O) groups excluding carboxylic acids is 1. The molecule has 108 valence electrons. The smallest absolute Gasteiger partial charge is 0.303 e. The average Bonchev–Trinajstić information content (AvgIpc) is 2.84. The predicted octanol–water partition coefficient (Wildman–Crippen LogP) is 2.63. The number of hydrogen-bond acceptors (Lipinski definition) is 2. The minimum atomic E-state index is -0.760. The number of carboxylic acid groups (broad SMARTS) is 1. The Morgan fingerprint density at radius 3 is 2.75 bits per heavy atom. The number of rotatable bonds is 4. The van der Waals surface area contributed by atoms with Crippen LogP contribution in [-0.2, 0) is 4.79 Å². The van der Waals surface area contributed by atoms with E-state index in [9.17, 15) is 9.59 Å². The molecule has 1 N–H and O–H groups in total. The van der Waals surface area contributed by atoms with Crippen LogP contribution in [-0.4, -0.2) is 35.0 Å². The molecule has 20 heavy (non-hydrogen) atoms. The van der Waals surface area contributed by atoms with Gasteiger partial charge in [0.25, 0.3) is 5.91 Å². The van der Waals surface area contributed by atoms with E-state index in [4.69, 9.17) is 5.11 Å². The summed E-state index contributed by atoms with van der Waals surface area (Å²) in [4.78, 5) is 24.9. The standard InChI is InChI=1S/C16H21NO3/c1-11-3-5-14(12(2)9-11)16(20)17-8-7-13(10-17)4-6-15(18)19/h3,5,9,13H,4,6-8,10H2,1-2H3,(H,18,19). The Kier molecular flexibility index (Phi) is 4.42. The van der Waals surface area contributed by atoms with Gasteiger partial charge in [-0.3, -0.25) is 9.59 Å². The van der Waals surface area contributed by atoms with Crippen LogP contribution in [0.2, 0.25) is 0 Å². The second-order valence-corrected chi connectivity index (χ2v) is 5.66. The molecule has 1 saturated heterocycles. The maximum Gasteiger partial charge on any atom is 0.303 e. The van der Waals surface area contributed by atoms with E-state index in [-0.39, 0.29) is 12.3 Å². The zero-order chi connectivity index (χ0) is 14.7. The van der Waals surface area contributed by atoms with Crippen molar-refractivity contribution < 1.29 is 14.7 Å². The van der Waals surface area contributed by atoms with Gasteiger partial charge in [-0.1, -0.05) is 17.7 Å². The van der Waals surface area contributed by atoms with Gasteiger partial charge in [-0.25, -0.2) is 0 Å². The van der Waals surface area contributed by atoms with E-state index in [0.29, 0.717) is 18.9 Å². The van der Waals surface area contributed by atoms with Crippen LogP contribution in [0.25, 0.3) is 0 Å². The van der Waals surface area contributed by atoms with Gasteiger partial charge >= 0.3 is 5.97 Å². The molecular formula is C16H21NO3. The van der Waals surface area contributed by atoms with Crippen LogP contribution in [0.1, 0.15) is 40.7 Å². The topological polar surface area (TPSA) is 57.6 Å². The molecule has 1 aromatic rings. The SMILES string of the molecule is Cc1ccc(C(=O)N2CCC(CCC(=O)O)C2)c(C)c1. The number of amides is 1. The fraction of sp³-hybridized carbons (Fsp3) is 0.500. The zero-order valence-electron chi connectivity index (χ0n) is 12.1. The first-order valence-electron chi connectivity index (χ1n) is 7.05. The van der Waals surface area contributed by atoms with Gasteiger partial charge in [-0.05, 0) is 44.2 Å². The van der Waals surface area contributed by atoms with Gasteiger partial charge in [0, 0.05) is 25.1 Å². The van der Waals surface area contributed by atoms with Gasteiger partial charge in [0.05, 0.1) is 0 Å². The maximum absolute atomic E-state index is 12.5. The Bertz CT molecular complexity index is 524. The molecule has 1 unspecified atom stereocenters. The molecule has 4 nitrogen and oxygen atoms in total. The van der Waals surface area contributed by atoms with Gasteiger partial charge in [0.2, 0.25) is 0 Å². The number of aliphatic carboxylic acids is 1. The predicted molar refractivity (Wildman–Crippen MR) is 76.8 cm³/mol. The molecule has 0 aliphatic carbocycles. The monoisotopic (exact) mass is 275 g/mol. The van der Waals surface area contributed by atoms with E-state index in [0.717, 1.165) is 29.7 Å². The summed E-state index contributed by atoms with van der Waals surface area (Å²) in [5.74, 6) is -0.370. The van der Waals surface area contributed by atoms with Gasteiger partial charge in [-0.2, -0.15) is 0 Å². The summed E-state index contributed by atoms with van der Waals surface area (Å²) in [6.07, 6.45) is 1.76. The first-order valence-corrected chi connectivity index (χ1v) is 7.05. The minimum absolute atomic E-state index is 0.0697. The fourth-order valence-corrected chi connectivity index (χ4v) is 2.80. The molecule has 2 rings (SSSR count). The Balaban J connectivity index is 1.99. The molecule has 1 heterocycles. The van der Waals surface area contributed by atoms with Crippen molar-refractivity contribution in [1.29, 1.82) is 0 Å². The van der Waals surface area contributed by atoms with Crippen LogP contribution >= 0.6 is 0 Å². The van der Waals surface area contributed by atoms with Gasteiger partial charge in [0.1, 0.15) is 0 Å². The number of benzene rings is 1. The van der Waals surface area contributed by atoms with Crippen molar-refractivity contribution >= 4 is 11.9 Å². The maximum atomic E-state index is 12.5. The first-order chi connectivity index (χ1) is 9.47. The van der Waals surface area contributed by atoms with E-state index in [1.165, 1.54) is 0 Å². The largest absolute Gasteiger partial charge is 0.481 e. The Hall–Kier alpha value is -1.84. The van der Waals surface area contributed by atoms with Crippen molar-refractivity contribution in [2.24, 2.45) is 5.92 Å². The van der Waals surface area contributed by atoms with Crippen LogP contribution in [0.3, 0.4) is 0 Å². The molecule has 0 spiro atoms. The van der Waals surface area contributed by atoms with Crippen LogP contribution in [0.5, 0.6) is 0 Å². The van der Waals surface area contributed by atoms with Crippen molar-refractivity contribution in [3.63, 3.8) is 0 Å². The van der Waals surface area contributed by atoms with Crippen molar-refractivity contribution in [3.05, 3.63) is 34.9 Å². The molecule has 0 bridgehead atoms. The molecular weight excluding hydrogens is 254 g/mol. The number of aryl methyl sites for hydroxylation is 2. The van der Waals surface area contributed by atoms with Gasteiger partial charge < -0.3 is 10.0 Å². The second kappa shape index (κ2) is 6.07. The summed E-state index contributed by atoms with van der Waals surface area (Å²) in [6.45, 7) is 5.38. The average molecular weight is 275 g/mol. The fourth-order valence-electron chi connectivity index (χ4n) is 2.80. The number of carbonyl (C=O) groups is 2. The Morgan fingerprint density at radius 2 is 2.10 bits per heavy atom. The summed E-state index contributed by atoms with van der Waals surface area (Å²) in [5.41, 5.74) is 2.92.